The second kappa shape index (κ2) is 7.01. The van der Waals surface area contributed by atoms with Crippen LogP contribution in [0, 0.1) is 28.6 Å². The van der Waals surface area contributed by atoms with Crippen molar-refractivity contribution in [1.29, 1.82) is 0 Å². The number of hydrogen-bond acceptors (Lipinski definition) is 6. The number of Topliss-reactive ketones (excluding diaryl/α,β-unsaturated/α-hetero) is 1. The lowest BCUT2D eigenvalue weighted by atomic mass is 9.44. The number of hydrogen-bond donors (Lipinski definition) is 2. The highest BCUT2D eigenvalue weighted by atomic mass is 32.1. The van der Waals surface area contributed by atoms with Crippen LogP contribution in [0.25, 0.3) is 0 Å². The molecule has 0 heterocycles. The molecule has 0 aliphatic heterocycles. The Kier molecular flexibility index (Phi) is 5.14. The van der Waals surface area contributed by atoms with Crippen molar-refractivity contribution in [3.8, 4) is 0 Å². The zero-order valence-corrected chi connectivity index (χ0v) is 19.4. The molecule has 4 aliphatic rings. The largest absolute Gasteiger partial charge is 0.450 e. The Morgan fingerprint density at radius 2 is 2.00 bits per heavy atom. The van der Waals surface area contributed by atoms with Crippen LogP contribution in [0.4, 0.5) is 4.39 Å². The van der Waals surface area contributed by atoms with Gasteiger partial charge in [-0.05, 0) is 50.7 Å². The minimum atomic E-state index is -1.98. The van der Waals surface area contributed by atoms with Crippen LogP contribution in [0.15, 0.2) is 23.8 Å². The van der Waals surface area contributed by atoms with Crippen LogP contribution in [-0.4, -0.2) is 45.8 Å². The molecule has 0 aromatic heterocycles. The van der Waals surface area contributed by atoms with Gasteiger partial charge in [0.2, 0.25) is 0 Å². The maximum absolute atomic E-state index is 17.1. The number of rotatable bonds is 3. The average molecular weight is 451 g/mol. The summed E-state index contributed by atoms with van der Waals surface area (Å²) >= 11 is 4.19. The number of allylic oxidation sites excluding steroid dienone is 4. The van der Waals surface area contributed by atoms with Crippen molar-refractivity contribution in [3.63, 3.8) is 0 Å². The van der Waals surface area contributed by atoms with Gasteiger partial charge in [0.1, 0.15) is 0 Å². The molecule has 3 fully saturated rings. The maximum Gasteiger partial charge on any atom is 0.303 e. The lowest BCUT2D eigenvalue weighted by Crippen LogP contribution is -2.70. The Hall–Kier alpha value is -1.47. The van der Waals surface area contributed by atoms with Gasteiger partial charge in [-0.2, -0.15) is 12.6 Å². The fourth-order valence-electron chi connectivity index (χ4n) is 7.74. The second-order valence-corrected chi connectivity index (χ2v) is 10.6. The van der Waals surface area contributed by atoms with E-state index < -0.39 is 40.1 Å². The zero-order valence-electron chi connectivity index (χ0n) is 18.5. The number of esters is 1. The topological polar surface area (TPSA) is 80.7 Å². The third-order valence-corrected chi connectivity index (χ3v) is 9.33. The van der Waals surface area contributed by atoms with Gasteiger partial charge in [0, 0.05) is 29.6 Å². The maximum atomic E-state index is 17.1. The molecular weight excluding hydrogens is 419 g/mol. The number of thiol groups is 1. The third kappa shape index (κ3) is 2.62. The van der Waals surface area contributed by atoms with Crippen LogP contribution in [-0.2, 0) is 19.1 Å². The normalized spacial score (nSPS) is 48.4. The minimum absolute atomic E-state index is 0.00748. The summed E-state index contributed by atoms with van der Waals surface area (Å²) in [5, 5.41) is 11.4. The number of ketones is 2. The molecule has 1 N–H and O–H groups in total. The van der Waals surface area contributed by atoms with Crippen molar-refractivity contribution in [2.24, 2.45) is 28.6 Å². The molecule has 0 saturated heterocycles. The van der Waals surface area contributed by atoms with E-state index in [1.165, 1.54) is 19.1 Å². The van der Waals surface area contributed by atoms with Gasteiger partial charge < -0.3 is 9.84 Å². The monoisotopic (exact) mass is 450 g/mol. The second-order valence-electron chi connectivity index (χ2n) is 10.3. The van der Waals surface area contributed by atoms with E-state index in [9.17, 15) is 19.5 Å². The van der Waals surface area contributed by atoms with Gasteiger partial charge in [-0.15, -0.1) is 0 Å². The molecule has 4 rings (SSSR count). The third-order valence-electron chi connectivity index (χ3n) is 9.04. The molecule has 0 aromatic carbocycles. The van der Waals surface area contributed by atoms with E-state index in [-0.39, 0.29) is 35.6 Å². The van der Waals surface area contributed by atoms with E-state index in [4.69, 9.17) is 4.74 Å². The van der Waals surface area contributed by atoms with Crippen molar-refractivity contribution >= 4 is 30.2 Å². The van der Waals surface area contributed by atoms with E-state index in [1.807, 2.05) is 13.8 Å². The van der Waals surface area contributed by atoms with Crippen molar-refractivity contribution in [2.45, 2.75) is 70.8 Å². The number of carbonyl (C=O) groups excluding carboxylic acids is 3. The number of aliphatic hydroxyl groups excluding tert-OH is 1. The van der Waals surface area contributed by atoms with Crippen molar-refractivity contribution in [2.75, 3.05) is 5.75 Å². The lowest BCUT2D eigenvalue weighted by Gasteiger charge is -2.62. The van der Waals surface area contributed by atoms with E-state index >= 15 is 4.39 Å². The van der Waals surface area contributed by atoms with E-state index in [0.29, 0.717) is 24.8 Å². The van der Waals surface area contributed by atoms with Crippen LogP contribution in [0.2, 0.25) is 0 Å². The number of aliphatic hydroxyl groups is 1. The summed E-state index contributed by atoms with van der Waals surface area (Å²) < 4.78 is 22.9. The van der Waals surface area contributed by atoms with Crippen LogP contribution in [0.3, 0.4) is 0 Å². The van der Waals surface area contributed by atoms with Gasteiger partial charge in [-0.3, -0.25) is 14.4 Å². The van der Waals surface area contributed by atoms with Gasteiger partial charge >= 0.3 is 5.97 Å². The van der Waals surface area contributed by atoms with E-state index in [0.717, 1.165) is 0 Å². The first-order valence-corrected chi connectivity index (χ1v) is 11.7. The summed E-state index contributed by atoms with van der Waals surface area (Å²) in [5.74, 6) is -2.24. The molecule has 2 unspecified atom stereocenters. The van der Waals surface area contributed by atoms with Crippen LogP contribution in [0.1, 0.15) is 53.4 Å². The molecule has 0 amide bonds. The minimum Gasteiger partial charge on any atom is -0.450 e. The van der Waals surface area contributed by atoms with Gasteiger partial charge in [-0.1, -0.05) is 25.5 Å². The summed E-state index contributed by atoms with van der Waals surface area (Å²) in [6, 6.07) is 0. The highest BCUT2D eigenvalue weighted by Gasteiger charge is 2.76. The highest BCUT2D eigenvalue weighted by Crippen LogP contribution is 2.71. The molecule has 3 saturated carbocycles. The Bertz CT molecular complexity index is 914. The van der Waals surface area contributed by atoms with Gasteiger partial charge in [-0.25, -0.2) is 4.39 Å². The van der Waals surface area contributed by atoms with E-state index in [1.54, 1.807) is 13.0 Å². The smallest absolute Gasteiger partial charge is 0.303 e. The van der Waals surface area contributed by atoms with Crippen LogP contribution in [0.5, 0.6) is 0 Å². The molecule has 5 nitrogen and oxygen atoms in total. The Morgan fingerprint density at radius 1 is 1.32 bits per heavy atom. The van der Waals surface area contributed by atoms with Crippen LogP contribution >= 0.6 is 12.6 Å². The number of alkyl halides is 1. The van der Waals surface area contributed by atoms with Gasteiger partial charge in [0.25, 0.3) is 0 Å². The quantitative estimate of drug-likeness (QED) is 0.509. The number of ether oxygens (including phenoxy) is 1. The fourth-order valence-corrected chi connectivity index (χ4v) is 7.98. The first-order chi connectivity index (χ1) is 14.4. The standard InChI is InChI=1S/C24H31FO5S/c1-13-9-18-17-6-5-15-10-16(27)7-8-21(15,3)23(17,25)19(28)11-22(18,4)24(13,20(29)12-31)30-14(2)26/h7-8,10,13,17-19,28,31H,5-6,9,11-12H2,1-4H3/t13?,17-,18-,19?,21-,22-,23-,24-/m0/s1. The summed E-state index contributed by atoms with van der Waals surface area (Å²) in [7, 11) is 0. The highest BCUT2D eigenvalue weighted by molar-refractivity contribution is 7.81. The SMILES string of the molecule is CC(=O)O[C@]1(C(=O)CS)C(C)C[C@H]2[C@@H]3CCC4=CC(=O)C=C[C@]4(C)[C@@]3(F)C(O)C[C@@]21C. The molecule has 0 radical (unpaired) electrons. The number of carbonyl (C=O) groups is 3. The number of fused-ring (bicyclic) bond motifs is 5. The predicted octanol–water partition coefficient (Wildman–Crippen LogP) is 3.40. The summed E-state index contributed by atoms with van der Waals surface area (Å²) in [6.45, 7) is 6.77. The summed E-state index contributed by atoms with van der Waals surface area (Å²) in [6.07, 6.45) is 4.65. The summed E-state index contributed by atoms with van der Waals surface area (Å²) in [5.41, 5.74) is -4.71. The summed E-state index contributed by atoms with van der Waals surface area (Å²) in [4.78, 5) is 37.3. The van der Waals surface area contributed by atoms with E-state index in [2.05, 4.69) is 12.6 Å². The predicted molar refractivity (Wildman–Crippen MR) is 116 cm³/mol. The molecular formula is C24H31FO5S. The van der Waals surface area contributed by atoms with Crippen molar-refractivity contribution in [3.05, 3.63) is 23.8 Å². The van der Waals surface area contributed by atoms with Gasteiger partial charge in [0.15, 0.2) is 22.8 Å². The molecule has 7 heteroatoms. The molecule has 170 valence electrons. The lowest BCUT2D eigenvalue weighted by molar-refractivity contribution is -0.226. The molecule has 8 atom stereocenters. The molecule has 0 spiro atoms. The first-order valence-electron chi connectivity index (χ1n) is 11.0. The number of halogens is 1. The Labute approximate surface area is 187 Å². The first kappa shape index (κ1) is 22.7. The Balaban J connectivity index is 1.86. The van der Waals surface area contributed by atoms with Gasteiger partial charge in [0.05, 0.1) is 11.9 Å². The molecule has 0 aromatic rings. The molecule has 31 heavy (non-hydrogen) atoms. The zero-order chi connectivity index (χ0) is 23.0. The average Bonchev–Trinajstić information content (AvgIpc) is 2.90. The van der Waals surface area contributed by atoms with Crippen LogP contribution < -0.4 is 0 Å². The van der Waals surface area contributed by atoms with Crippen molar-refractivity contribution < 1.29 is 28.6 Å². The Morgan fingerprint density at radius 3 is 2.61 bits per heavy atom. The van der Waals surface area contributed by atoms with Crippen molar-refractivity contribution in [1.82, 2.24) is 0 Å². The molecule has 0 bridgehead atoms. The fraction of sp³-hybridized carbons (Fsp3) is 0.708. The molecule has 4 aliphatic carbocycles.